The van der Waals surface area contributed by atoms with Crippen LogP contribution in [0.1, 0.15) is 15.9 Å². The Morgan fingerprint density at radius 1 is 1.00 bits per heavy atom. The van der Waals surface area contributed by atoms with Crippen LogP contribution in [-0.2, 0) is 0 Å². The fourth-order valence-corrected chi connectivity index (χ4v) is 2.28. The molecule has 0 N–H and O–H groups in total. The molecule has 0 heterocycles. The minimum atomic E-state index is -0.173. The van der Waals surface area contributed by atoms with E-state index < -0.39 is 0 Å². The quantitative estimate of drug-likeness (QED) is 0.534. The second-order valence-electron chi connectivity index (χ2n) is 5.12. The molecule has 0 radical (unpaired) electrons. The van der Waals surface area contributed by atoms with Crippen molar-refractivity contribution >= 4 is 11.9 Å². The topological polar surface area (TPSA) is 77.8 Å². The van der Waals surface area contributed by atoms with E-state index in [1.165, 1.54) is 6.08 Å². The number of nitrogens with zero attached hydrogens (tertiary/aromatic N) is 1. The van der Waals surface area contributed by atoms with Crippen LogP contribution in [-0.4, -0.2) is 33.7 Å². The fraction of sp³-hybridized carbons (Fsp3) is 0.200. The molecule has 134 valence electrons. The number of ketones is 1. The summed E-state index contributed by atoms with van der Waals surface area (Å²) >= 11 is 0. The highest BCUT2D eigenvalue weighted by Crippen LogP contribution is 2.35. The molecule has 0 aliphatic carbocycles. The highest BCUT2D eigenvalue weighted by molar-refractivity contribution is 6.07. The number of carbonyl (C=O) groups is 1. The van der Waals surface area contributed by atoms with Crippen molar-refractivity contribution in [3.05, 3.63) is 53.6 Å². The van der Waals surface area contributed by atoms with Crippen LogP contribution < -0.4 is 18.9 Å². The van der Waals surface area contributed by atoms with Crippen LogP contribution in [0.3, 0.4) is 0 Å². The maximum Gasteiger partial charge on any atom is 0.185 e. The van der Waals surface area contributed by atoms with Gasteiger partial charge in [0.1, 0.15) is 17.6 Å². The Balaban J connectivity index is 2.20. The first-order valence-electron chi connectivity index (χ1n) is 7.75. The molecule has 26 heavy (non-hydrogen) atoms. The van der Waals surface area contributed by atoms with E-state index in [2.05, 4.69) is 0 Å². The van der Waals surface area contributed by atoms with E-state index >= 15 is 0 Å². The average Bonchev–Trinajstić information content (AvgIpc) is 2.69. The van der Waals surface area contributed by atoms with Crippen molar-refractivity contribution in [3.63, 3.8) is 0 Å². The fourth-order valence-electron chi connectivity index (χ4n) is 2.28. The summed E-state index contributed by atoms with van der Waals surface area (Å²) in [4.78, 5) is 12.3. The van der Waals surface area contributed by atoms with Crippen molar-refractivity contribution in [2.75, 3.05) is 27.9 Å². The number of rotatable bonds is 8. The van der Waals surface area contributed by atoms with E-state index in [4.69, 9.17) is 24.2 Å². The molecule has 6 nitrogen and oxygen atoms in total. The first kappa shape index (κ1) is 18.9. The van der Waals surface area contributed by atoms with Crippen LogP contribution in [0.2, 0.25) is 0 Å². The van der Waals surface area contributed by atoms with Crippen molar-refractivity contribution in [2.45, 2.75) is 0 Å². The van der Waals surface area contributed by atoms with E-state index in [0.717, 1.165) is 0 Å². The number of benzene rings is 2. The van der Waals surface area contributed by atoms with Crippen LogP contribution in [0.4, 0.5) is 0 Å². The van der Waals surface area contributed by atoms with Crippen molar-refractivity contribution in [1.82, 2.24) is 0 Å². The molecule has 0 aliphatic heterocycles. The van der Waals surface area contributed by atoms with E-state index in [-0.39, 0.29) is 12.4 Å². The van der Waals surface area contributed by atoms with Gasteiger partial charge >= 0.3 is 0 Å². The molecular weight excluding hydrogens is 334 g/mol. The number of carbonyl (C=O) groups excluding carboxylic acids is 1. The molecule has 0 bridgehead atoms. The van der Waals surface area contributed by atoms with Crippen molar-refractivity contribution in [1.29, 1.82) is 5.26 Å². The SMILES string of the molecule is COc1cc(OC)c(OC)cc1/C=C/C(=O)c1ccc(OCC#N)cc1. The van der Waals surface area contributed by atoms with Crippen LogP contribution >= 0.6 is 0 Å². The molecule has 0 aromatic heterocycles. The van der Waals surface area contributed by atoms with E-state index in [0.29, 0.717) is 34.1 Å². The van der Waals surface area contributed by atoms with Gasteiger partial charge in [0.05, 0.1) is 21.3 Å². The average molecular weight is 353 g/mol. The summed E-state index contributed by atoms with van der Waals surface area (Å²) in [6.07, 6.45) is 3.11. The monoisotopic (exact) mass is 353 g/mol. The number of hydrogen-bond acceptors (Lipinski definition) is 6. The first-order valence-corrected chi connectivity index (χ1v) is 7.75. The predicted molar refractivity (Wildman–Crippen MR) is 97.0 cm³/mol. The Hall–Kier alpha value is -3.46. The Morgan fingerprint density at radius 3 is 2.19 bits per heavy atom. The van der Waals surface area contributed by atoms with Gasteiger partial charge in [0.15, 0.2) is 23.9 Å². The molecule has 0 saturated heterocycles. The van der Waals surface area contributed by atoms with Crippen LogP contribution in [0.25, 0.3) is 6.08 Å². The van der Waals surface area contributed by atoms with Crippen molar-refractivity contribution in [3.8, 4) is 29.1 Å². The summed E-state index contributed by atoms with van der Waals surface area (Å²) in [7, 11) is 4.62. The number of ether oxygens (including phenoxy) is 4. The zero-order valence-corrected chi connectivity index (χ0v) is 14.8. The molecule has 0 amide bonds. The molecule has 2 aromatic carbocycles. The molecule has 0 atom stereocenters. The molecule has 0 spiro atoms. The normalized spacial score (nSPS) is 10.2. The van der Waals surface area contributed by atoms with Gasteiger partial charge in [-0.3, -0.25) is 4.79 Å². The third-order valence-electron chi connectivity index (χ3n) is 3.59. The van der Waals surface area contributed by atoms with Crippen LogP contribution in [0.15, 0.2) is 42.5 Å². The molecule has 0 fully saturated rings. The van der Waals surface area contributed by atoms with Crippen molar-refractivity contribution < 1.29 is 23.7 Å². The van der Waals surface area contributed by atoms with Gasteiger partial charge in [-0.25, -0.2) is 0 Å². The zero-order chi connectivity index (χ0) is 18.9. The van der Waals surface area contributed by atoms with E-state index in [1.54, 1.807) is 63.8 Å². The smallest absolute Gasteiger partial charge is 0.185 e. The maximum atomic E-state index is 12.3. The summed E-state index contributed by atoms with van der Waals surface area (Å²) in [5.74, 6) is 2.01. The Bertz CT molecular complexity index is 835. The number of methoxy groups -OCH3 is 3. The molecule has 2 rings (SSSR count). The summed E-state index contributed by atoms with van der Waals surface area (Å²) in [5.41, 5.74) is 1.19. The van der Waals surface area contributed by atoms with Gasteiger partial charge in [-0.05, 0) is 42.5 Å². The van der Waals surface area contributed by atoms with Gasteiger partial charge in [-0.1, -0.05) is 0 Å². The lowest BCUT2D eigenvalue weighted by atomic mass is 10.1. The lowest BCUT2D eigenvalue weighted by Crippen LogP contribution is -1.97. The summed E-state index contributed by atoms with van der Waals surface area (Å²) in [6.45, 7) is -0.0354. The lowest BCUT2D eigenvalue weighted by Gasteiger charge is -2.12. The third kappa shape index (κ3) is 4.54. The lowest BCUT2D eigenvalue weighted by molar-refractivity contribution is 0.104. The largest absolute Gasteiger partial charge is 0.496 e. The van der Waals surface area contributed by atoms with Gasteiger partial charge in [-0.15, -0.1) is 0 Å². The summed E-state index contributed by atoms with van der Waals surface area (Å²) in [6, 6.07) is 11.9. The van der Waals surface area contributed by atoms with Gasteiger partial charge in [-0.2, -0.15) is 5.26 Å². The molecule has 0 aliphatic rings. The molecular formula is C20H19NO5. The van der Waals surface area contributed by atoms with E-state index in [1.807, 2.05) is 6.07 Å². The number of nitriles is 1. The Kier molecular flexibility index (Phi) is 6.63. The van der Waals surface area contributed by atoms with Gasteiger partial charge < -0.3 is 18.9 Å². The second-order valence-corrected chi connectivity index (χ2v) is 5.12. The summed E-state index contributed by atoms with van der Waals surface area (Å²) < 4.78 is 21.0. The van der Waals surface area contributed by atoms with Crippen molar-refractivity contribution in [2.24, 2.45) is 0 Å². The second kappa shape index (κ2) is 9.14. The molecule has 0 unspecified atom stereocenters. The highest BCUT2D eigenvalue weighted by Gasteiger charge is 2.10. The van der Waals surface area contributed by atoms with Gasteiger partial charge in [0, 0.05) is 17.2 Å². The molecule has 6 heteroatoms. The molecule has 2 aromatic rings. The zero-order valence-electron chi connectivity index (χ0n) is 14.8. The van der Waals surface area contributed by atoms with E-state index in [9.17, 15) is 4.79 Å². The molecule has 0 saturated carbocycles. The van der Waals surface area contributed by atoms with Crippen LogP contribution in [0.5, 0.6) is 23.0 Å². The Morgan fingerprint density at radius 2 is 1.62 bits per heavy atom. The summed E-state index contributed by atoms with van der Waals surface area (Å²) in [5, 5.41) is 8.50. The predicted octanol–water partition coefficient (Wildman–Crippen LogP) is 3.51. The Labute approximate surface area is 152 Å². The standard InChI is InChI=1S/C20H19NO5/c1-23-18-13-20(25-3)19(24-2)12-15(18)6-9-17(22)14-4-7-16(8-5-14)26-11-10-21/h4-9,12-13H,11H2,1-3H3/b9-6+. The van der Waals surface area contributed by atoms with Gasteiger partial charge in [0.2, 0.25) is 0 Å². The number of allylic oxidation sites excluding steroid dienone is 1. The number of hydrogen-bond donors (Lipinski definition) is 0. The third-order valence-corrected chi connectivity index (χ3v) is 3.59. The van der Waals surface area contributed by atoms with Gasteiger partial charge in [0.25, 0.3) is 0 Å². The minimum absolute atomic E-state index is 0.0354. The maximum absolute atomic E-state index is 12.3. The first-order chi connectivity index (χ1) is 12.6. The van der Waals surface area contributed by atoms with Crippen LogP contribution in [0, 0.1) is 11.3 Å². The minimum Gasteiger partial charge on any atom is -0.496 e. The highest BCUT2D eigenvalue weighted by atomic mass is 16.5.